The van der Waals surface area contributed by atoms with Crippen LogP contribution in [0.3, 0.4) is 0 Å². The van der Waals surface area contributed by atoms with E-state index in [4.69, 9.17) is 9.47 Å². The SMILES string of the molecule is Cc1cc([I-]c2ccccc2)cc(C)c1OCCOc1c(C)cc([I-]c2ccccc2)cc1C. The molecule has 0 bridgehead atoms. The van der Waals surface area contributed by atoms with Gasteiger partial charge in [-0.15, -0.1) is 0 Å². The molecular formula is C30H30I2O2-2. The fraction of sp³-hybridized carbons (Fsp3) is 0.200. The van der Waals surface area contributed by atoms with E-state index < -0.39 is 0 Å². The molecule has 0 aliphatic heterocycles. The van der Waals surface area contributed by atoms with Crippen molar-refractivity contribution in [1.29, 1.82) is 0 Å². The van der Waals surface area contributed by atoms with Gasteiger partial charge in [0.2, 0.25) is 0 Å². The van der Waals surface area contributed by atoms with Gasteiger partial charge in [-0.1, -0.05) is 0 Å². The normalized spacial score (nSPS) is 11.1. The summed E-state index contributed by atoms with van der Waals surface area (Å²) < 4.78 is 18.1. The maximum atomic E-state index is 6.17. The Labute approximate surface area is 224 Å². The Morgan fingerprint density at radius 1 is 0.471 bits per heavy atom. The zero-order chi connectivity index (χ0) is 23.9. The van der Waals surface area contributed by atoms with Gasteiger partial charge in [-0.2, -0.15) is 0 Å². The Morgan fingerprint density at radius 2 is 0.794 bits per heavy atom. The second-order valence-electron chi connectivity index (χ2n) is 8.21. The topological polar surface area (TPSA) is 18.5 Å². The van der Waals surface area contributed by atoms with Crippen LogP contribution in [-0.4, -0.2) is 13.2 Å². The Hall–Kier alpha value is -2.06. The molecule has 0 spiro atoms. The van der Waals surface area contributed by atoms with Crippen LogP contribution in [0.15, 0.2) is 84.9 Å². The Bertz CT molecular complexity index is 1090. The average molecular weight is 676 g/mol. The van der Waals surface area contributed by atoms with Gasteiger partial charge >= 0.3 is 226 Å². The third-order valence-electron chi connectivity index (χ3n) is 5.33. The molecule has 0 saturated carbocycles. The molecular weight excluding hydrogens is 646 g/mol. The van der Waals surface area contributed by atoms with Gasteiger partial charge in [-0.05, 0) is 0 Å². The van der Waals surface area contributed by atoms with Crippen LogP contribution in [0.4, 0.5) is 0 Å². The van der Waals surface area contributed by atoms with Crippen LogP contribution in [0, 0.1) is 42.0 Å². The van der Waals surface area contributed by atoms with Gasteiger partial charge in [0.25, 0.3) is 0 Å². The first-order valence-electron chi connectivity index (χ1n) is 11.4. The van der Waals surface area contributed by atoms with Crippen LogP contribution < -0.4 is 51.9 Å². The molecule has 0 aromatic heterocycles. The summed E-state index contributed by atoms with van der Waals surface area (Å²) in [5.41, 5.74) is 4.80. The number of halogens is 2. The summed E-state index contributed by atoms with van der Waals surface area (Å²) in [7, 11) is 0. The van der Waals surface area contributed by atoms with E-state index in [1.807, 2.05) is 0 Å². The van der Waals surface area contributed by atoms with E-state index in [9.17, 15) is 0 Å². The summed E-state index contributed by atoms with van der Waals surface area (Å²) in [6.45, 7) is 9.64. The Balaban J connectivity index is 1.34. The summed E-state index contributed by atoms with van der Waals surface area (Å²) in [4.78, 5) is 0. The van der Waals surface area contributed by atoms with E-state index in [-0.39, 0.29) is 42.4 Å². The van der Waals surface area contributed by atoms with Crippen molar-refractivity contribution in [3.8, 4) is 11.5 Å². The minimum absolute atomic E-state index is 0.171. The number of hydrogen-bond donors (Lipinski definition) is 0. The first-order chi connectivity index (χ1) is 16.5. The molecule has 4 heteroatoms. The zero-order valence-electron chi connectivity index (χ0n) is 20.1. The third-order valence-corrected chi connectivity index (χ3v) is 10.5. The van der Waals surface area contributed by atoms with Gasteiger partial charge in [-0.25, -0.2) is 0 Å². The number of hydrogen-bond acceptors (Lipinski definition) is 2. The first kappa shape index (κ1) is 25.0. The fourth-order valence-electron chi connectivity index (χ4n) is 3.85. The maximum absolute atomic E-state index is 6.17. The molecule has 0 heterocycles. The van der Waals surface area contributed by atoms with Gasteiger partial charge in [0, 0.05) is 0 Å². The second-order valence-corrected chi connectivity index (χ2v) is 14.3. The number of aryl methyl sites for hydroxylation is 4. The first-order valence-corrected chi connectivity index (χ1v) is 15.7. The quantitative estimate of drug-likeness (QED) is 0.192. The van der Waals surface area contributed by atoms with Crippen LogP contribution in [-0.2, 0) is 0 Å². The molecule has 2 nitrogen and oxygen atoms in total. The van der Waals surface area contributed by atoms with Crippen LogP contribution in [0.2, 0.25) is 0 Å². The Kier molecular flexibility index (Phi) is 8.89. The molecule has 0 aliphatic rings. The van der Waals surface area contributed by atoms with Crippen molar-refractivity contribution >= 4 is 0 Å². The van der Waals surface area contributed by atoms with E-state index in [0.717, 1.165) is 11.5 Å². The summed E-state index contributed by atoms with van der Waals surface area (Å²) >= 11 is -0.341. The summed E-state index contributed by atoms with van der Waals surface area (Å²) in [6, 6.07) is 30.7. The molecule has 0 saturated heterocycles. The van der Waals surface area contributed by atoms with Crippen molar-refractivity contribution in [2.24, 2.45) is 0 Å². The van der Waals surface area contributed by atoms with Crippen molar-refractivity contribution in [3.05, 3.63) is 121 Å². The van der Waals surface area contributed by atoms with Gasteiger partial charge in [-0.3, -0.25) is 0 Å². The molecule has 4 aromatic carbocycles. The molecule has 0 unspecified atom stereocenters. The van der Waals surface area contributed by atoms with E-state index in [2.05, 4.69) is 113 Å². The van der Waals surface area contributed by atoms with Gasteiger partial charge < -0.3 is 0 Å². The minimum atomic E-state index is -0.171. The molecule has 0 N–H and O–H groups in total. The summed E-state index contributed by atoms with van der Waals surface area (Å²) in [6.07, 6.45) is 0. The van der Waals surface area contributed by atoms with Gasteiger partial charge in [0.05, 0.1) is 0 Å². The molecule has 0 atom stereocenters. The molecule has 0 radical (unpaired) electrons. The van der Waals surface area contributed by atoms with E-state index >= 15 is 0 Å². The van der Waals surface area contributed by atoms with E-state index in [1.165, 1.54) is 36.5 Å². The average Bonchev–Trinajstić information content (AvgIpc) is 2.81. The van der Waals surface area contributed by atoms with Crippen LogP contribution in [0.5, 0.6) is 11.5 Å². The van der Waals surface area contributed by atoms with Crippen molar-refractivity contribution in [3.63, 3.8) is 0 Å². The van der Waals surface area contributed by atoms with E-state index in [0.29, 0.717) is 13.2 Å². The predicted molar refractivity (Wildman–Crippen MR) is 130 cm³/mol. The summed E-state index contributed by atoms with van der Waals surface area (Å²) in [5.74, 6) is 1.97. The van der Waals surface area contributed by atoms with E-state index in [1.54, 1.807) is 0 Å². The fourth-order valence-corrected chi connectivity index (χ4v) is 9.33. The molecule has 4 aromatic rings. The van der Waals surface area contributed by atoms with Gasteiger partial charge in [0.1, 0.15) is 0 Å². The van der Waals surface area contributed by atoms with Crippen molar-refractivity contribution in [1.82, 2.24) is 0 Å². The van der Waals surface area contributed by atoms with Gasteiger partial charge in [0.15, 0.2) is 0 Å². The number of ether oxygens (including phenoxy) is 2. The van der Waals surface area contributed by atoms with Crippen LogP contribution >= 0.6 is 0 Å². The molecule has 4 rings (SSSR count). The van der Waals surface area contributed by atoms with Crippen LogP contribution in [0.25, 0.3) is 0 Å². The monoisotopic (exact) mass is 676 g/mol. The standard InChI is InChI=1S/C30H30I2O2/c1-21-17-27(31-25-11-7-5-8-12-25)18-22(2)29(21)33-15-16-34-30-23(3)19-28(20-24(30)4)32-26-13-9-6-10-14-26/h5-14,17-20H,15-16H2,1-4H3/q-2. The van der Waals surface area contributed by atoms with Crippen molar-refractivity contribution < 1.29 is 51.9 Å². The Morgan fingerprint density at radius 3 is 1.12 bits per heavy atom. The number of benzene rings is 4. The third kappa shape index (κ3) is 6.75. The molecule has 178 valence electrons. The molecule has 0 aliphatic carbocycles. The zero-order valence-corrected chi connectivity index (χ0v) is 24.4. The molecule has 0 fully saturated rings. The number of rotatable bonds is 9. The summed E-state index contributed by atoms with van der Waals surface area (Å²) in [5, 5.41) is 0. The molecule has 0 amide bonds. The van der Waals surface area contributed by atoms with Crippen molar-refractivity contribution in [2.75, 3.05) is 13.2 Å². The van der Waals surface area contributed by atoms with Crippen molar-refractivity contribution in [2.45, 2.75) is 27.7 Å². The van der Waals surface area contributed by atoms with Crippen LogP contribution in [0.1, 0.15) is 22.3 Å². The molecule has 34 heavy (non-hydrogen) atoms. The predicted octanol–water partition coefficient (Wildman–Crippen LogP) is 0.635. The second kappa shape index (κ2) is 12.1.